The molecule has 267 valence electrons. The van der Waals surface area contributed by atoms with Gasteiger partial charge < -0.3 is 9.97 Å². The van der Waals surface area contributed by atoms with Crippen LogP contribution in [0, 0.1) is 26.0 Å². The molecule has 0 spiro atoms. The van der Waals surface area contributed by atoms with Gasteiger partial charge in [0, 0.05) is 49.6 Å². The van der Waals surface area contributed by atoms with E-state index in [2.05, 4.69) is 145 Å². The molecule has 9 aromatic rings. The summed E-state index contributed by atoms with van der Waals surface area (Å²) in [7, 11) is 0. The second-order valence-corrected chi connectivity index (χ2v) is 13.2. The van der Waals surface area contributed by atoms with Crippen LogP contribution in [0.25, 0.3) is 77.9 Å². The largest absolute Gasteiger partial charge is 0.305 e. The summed E-state index contributed by atoms with van der Waals surface area (Å²) >= 11 is 0. The van der Waals surface area contributed by atoms with Crippen LogP contribution in [0.3, 0.4) is 0 Å². The molecular weight excluding hydrogens is 847 g/mol. The van der Waals surface area contributed by atoms with Crippen LogP contribution < -0.4 is 0 Å². The molecule has 0 saturated heterocycles. The van der Waals surface area contributed by atoms with E-state index >= 15 is 0 Å². The Morgan fingerprint density at radius 2 is 1.11 bits per heavy atom. The van der Waals surface area contributed by atoms with Gasteiger partial charge in [-0.25, -0.2) is 0 Å². The van der Waals surface area contributed by atoms with Crippen LogP contribution in [-0.2, 0) is 20.1 Å². The maximum Gasteiger partial charge on any atom is 0.0786 e. The van der Waals surface area contributed by atoms with E-state index in [0.29, 0.717) is 0 Å². The molecule has 55 heavy (non-hydrogen) atoms. The first kappa shape index (κ1) is 37.0. The Bertz CT molecular complexity index is 2660. The number of aryl methyl sites for hydroxylation is 2. The van der Waals surface area contributed by atoms with E-state index in [-0.39, 0.29) is 20.1 Å². The van der Waals surface area contributed by atoms with Crippen molar-refractivity contribution >= 4 is 10.8 Å². The molecule has 0 bridgehead atoms. The number of rotatable bonds is 6. The molecule has 0 atom stereocenters. The normalized spacial score (nSPS) is 10.6. The van der Waals surface area contributed by atoms with E-state index in [9.17, 15) is 0 Å². The predicted octanol–water partition coefficient (Wildman–Crippen LogP) is 12.9. The van der Waals surface area contributed by atoms with E-state index in [0.717, 1.165) is 50.3 Å². The van der Waals surface area contributed by atoms with E-state index < -0.39 is 0 Å². The maximum atomic E-state index is 4.94. The van der Waals surface area contributed by atoms with Gasteiger partial charge in [-0.3, -0.25) is 4.98 Å². The molecule has 9 rings (SSSR count). The Labute approximate surface area is 336 Å². The van der Waals surface area contributed by atoms with Crippen LogP contribution >= 0.6 is 0 Å². The Morgan fingerprint density at radius 1 is 0.418 bits per heavy atom. The molecular formula is C51H37IrN3-2. The maximum absolute atomic E-state index is 4.94. The van der Waals surface area contributed by atoms with Crippen molar-refractivity contribution < 1.29 is 20.1 Å². The molecule has 4 heteroatoms. The number of hydrogen-bond acceptors (Lipinski definition) is 3. The molecule has 3 nitrogen and oxygen atoms in total. The van der Waals surface area contributed by atoms with Crippen molar-refractivity contribution in [3.8, 4) is 67.2 Å². The van der Waals surface area contributed by atoms with Gasteiger partial charge in [0.15, 0.2) is 0 Å². The zero-order valence-electron chi connectivity index (χ0n) is 30.6. The molecule has 0 amide bonds. The van der Waals surface area contributed by atoms with Gasteiger partial charge in [-0.15, -0.1) is 71.3 Å². The van der Waals surface area contributed by atoms with E-state index in [1.54, 1.807) is 0 Å². The zero-order chi connectivity index (χ0) is 36.7. The van der Waals surface area contributed by atoms with Gasteiger partial charge in [0.05, 0.1) is 5.69 Å². The van der Waals surface area contributed by atoms with Crippen LogP contribution in [0.5, 0.6) is 0 Å². The Morgan fingerprint density at radius 3 is 1.85 bits per heavy atom. The summed E-state index contributed by atoms with van der Waals surface area (Å²) in [4.78, 5) is 13.8. The number of benzene rings is 6. The number of fused-ring (bicyclic) bond motifs is 1. The average molecular weight is 884 g/mol. The molecule has 6 aromatic carbocycles. The van der Waals surface area contributed by atoms with Crippen LogP contribution in [-0.4, -0.2) is 15.0 Å². The summed E-state index contributed by atoms with van der Waals surface area (Å²) in [5, 5.41) is 2.31. The van der Waals surface area contributed by atoms with Crippen molar-refractivity contribution in [1.29, 1.82) is 0 Å². The first-order valence-electron chi connectivity index (χ1n) is 18.1. The first-order chi connectivity index (χ1) is 26.6. The fourth-order valence-electron chi connectivity index (χ4n) is 6.86. The quantitative estimate of drug-likeness (QED) is 0.156. The topological polar surface area (TPSA) is 38.7 Å². The number of nitrogens with zero attached hydrogens (tertiary/aromatic N) is 3. The van der Waals surface area contributed by atoms with Crippen LogP contribution in [0.1, 0.15) is 11.1 Å². The third kappa shape index (κ3) is 8.27. The molecule has 3 aromatic heterocycles. The van der Waals surface area contributed by atoms with Gasteiger partial charge in [0.1, 0.15) is 0 Å². The standard InChI is InChI=1S/C39H27N2.C12H10N.Ir/c1-27-18-19-31(26-36(27)28-11-4-2-5-12-28)33-20-21-34(30-15-10-16-32(25-30)37-17-8-9-23-40-37)38-35(33)22-24-41-39(38)29-13-6-3-7-14-29;1-10-7-8-13-12(9-10)11-5-3-2-4-6-11;/h2-15,17-26H,1H3;2-5,7-9H,1H3;/q2*-1;. The van der Waals surface area contributed by atoms with Crippen molar-refractivity contribution in [1.82, 2.24) is 15.0 Å². The summed E-state index contributed by atoms with van der Waals surface area (Å²) < 4.78 is 0. The van der Waals surface area contributed by atoms with Crippen LogP contribution in [0.4, 0.5) is 0 Å². The molecule has 0 fully saturated rings. The van der Waals surface area contributed by atoms with Crippen molar-refractivity contribution in [2.75, 3.05) is 0 Å². The Balaban J connectivity index is 0.000000281. The van der Waals surface area contributed by atoms with E-state index in [4.69, 9.17) is 4.98 Å². The molecule has 0 saturated carbocycles. The minimum Gasteiger partial charge on any atom is -0.305 e. The van der Waals surface area contributed by atoms with E-state index in [1.165, 1.54) is 38.8 Å². The second kappa shape index (κ2) is 17.2. The SMILES string of the molecule is Cc1ccc(-c2ccc(-c3cc[c-]c(-c4ccccn4)c3)c3c(-c4ccccc4)nccc23)cc1-c1ccccc1.Cc1ccnc(-c2[c-]cccc2)c1.[Ir]. The van der Waals surface area contributed by atoms with Crippen molar-refractivity contribution in [3.63, 3.8) is 0 Å². The van der Waals surface area contributed by atoms with Crippen LogP contribution in [0.15, 0.2) is 188 Å². The molecule has 0 N–H and O–H groups in total. The fourth-order valence-corrected chi connectivity index (χ4v) is 6.86. The summed E-state index contributed by atoms with van der Waals surface area (Å²) in [6.07, 6.45) is 5.58. The van der Waals surface area contributed by atoms with Crippen molar-refractivity contribution in [2.45, 2.75) is 13.8 Å². The van der Waals surface area contributed by atoms with Crippen LogP contribution in [0.2, 0.25) is 0 Å². The van der Waals surface area contributed by atoms with Gasteiger partial charge >= 0.3 is 0 Å². The molecule has 0 aliphatic heterocycles. The summed E-state index contributed by atoms with van der Waals surface area (Å²) in [5.41, 5.74) is 15.6. The first-order valence-corrected chi connectivity index (χ1v) is 18.1. The number of aromatic nitrogens is 3. The smallest absolute Gasteiger partial charge is 0.0786 e. The molecule has 1 radical (unpaired) electrons. The van der Waals surface area contributed by atoms with Gasteiger partial charge in [0.25, 0.3) is 0 Å². The predicted molar refractivity (Wildman–Crippen MR) is 224 cm³/mol. The number of hydrogen-bond donors (Lipinski definition) is 0. The second-order valence-electron chi connectivity index (χ2n) is 13.2. The molecule has 0 aliphatic rings. The minimum absolute atomic E-state index is 0. The zero-order valence-corrected chi connectivity index (χ0v) is 33.0. The van der Waals surface area contributed by atoms with Gasteiger partial charge in [-0.2, -0.15) is 0 Å². The van der Waals surface area contributed by atoms with Crippen molar-refractivity contribution in [2.24, 2.45) is 0 Å². The van der Waals surface area contributed by atoms with Gasteiger partial charge in [0.2, 0.25) is 0 Å². The van der Waals surface area contributed by atoms with E-state index in [1.807, 2.05) is 79.3 Å². The fraction of sp³-hybridized carbons (Fsp3) is 0.0392. The minimum atomic E-state index is 0. The summed E-state index contributed by atoms with van der Waals surface area (Å²) in [6, 6.07) is 65.2. The Kier molecular flexibility index (Phi) is 11.6. The molecule has 3 heterocycles. The third-order valence-electron chi connectivity index (χ3n) is 9.56. The monoisotopic (exact) mass is 884 g/mol. The van der Waals surface area contributed by atoms with Crippen molar-refractivity contribution in [3.05, 3.63) is 212 Å². The molecule has 0 aliphatic carbocycles. The summed E-state index contributed by atoms with van der Waals surface area (Å²) in [6.45, 7) is 4.24. The Hall–Kier alpha value is -6.32. The average Bonchev–Trinajstić information content (AvgIpc) is 3.25. The summed E-state index contributed by atoms with van der Waals surface area (Å²) in [5.74, 6) is 0. The third-order valence-corrected chi connectivity index (χ3v) is 9.56. The van der Waals surface area contributed by atoms with Gasteiger partial charge in [-0.05, 0) is 88.3 Å². The number of pyridine rings is 3. The molecule has 0 unspecified atom stereocenters. The van der Waals surface area contributed by atoms with Gasteiger partial charge in [-0.1, -0.05) is 109 Å².